The highest BCUT2D eigenvalue weighted by molar-refractivity contribution is 5.00. The third-order valence-corrected chi connectivity index (χ3v) is 1.73. The first-order chi connectivity index (χ1) is 6.72. The Hall–Kier alpha value is -1.04. The minimum Gasteiger partial charge on any atom is -0.394 e. The average molecular weight is 197 g/mol. The van der Waals surface area contributed by atoms with Gasteiger partial charge in [0.25, 0.3) is 0 Å². The molecule has 0 saturated carbocycles. The SMILES string of the molecule is Cc1cnc(CNCC(O)CO)cn1. The van der Waals surface area contributed by atoms with Gasteiger partial charge in [0.1, 0.15) is 0 Å². The van der Waals surface area contributed by atoms with Crippen LogP contribution in [0.3, 0.4) is 0 Å². The summed E-state index contributed by atoms with van der Waals surface area (Å²) in [5.41, 5.74) is 1.70. The van der Waals surface area contributed by atoms with E-state index < -0.39 is 6.10 Å². The number of nitrogens with zero attached hydrogens (tertiary/aromatic N) is 2. The smallest absolute Gasteiger partial charge is 0.0895 e. The summed E-state index contributed by atoms with van der Waals surface area (Å²) < 4.78 is 0. The minimum atomic E-state index is -0.714. The molecule has 1 aromatic heterocycles. The van der Waals surface area contributed by atoms with E-state index in [4.69, 9.17) is 10.2 Å². The van der Waals surface area contributed by atoms with Crippen molar-refractivity contribution < 1.29 is 10.2 Å². The van der Waals surface area contributed by atoms with Crippen molar-refractivity contribution in [2.24, 2.45) is 0 Å². The van der Waals surface area contributed by atoms with Gasteiger partial charge in [0.15, 0.2) is 0 Å². The first-order valence-corrected chi connectivity index (χ1v) is 4.49. The summed E-state index contributed by atoms with van der Waals surface area (Å²) >= 11 is 0. The maximum atomic E-state index is 9.03. The molecular weight excluding hydrogens is 182 g/mol. The van der Waals surface area contributed by atoms with Crippen LogP contribution in [0.4, 0.5) is 0 Å². The lowest BCUT2D eigenvalue weighted by Crippen LogP contribution is -2.29. The van der Waals surface area contributed by atoms with Crippen molar-refractivity contribution in [1.29, 1.82) is 0 Å². The van der Waals surface area contributed by atoms with Gasteiger partial charge in [-0.05, 0) is 6.92 Å². The van der Waals surface area contributed by atoms with E-state index >= 15 is 0 Å². The number of nitrogens with one attached hydrogen (secondary N) is 1. The van der Waals surface area contributed by atoms with Crippen molar-refractivity contribution in [2.75, 3.05) is 13.2 Å². The summed E-state index contributed by atoms with van der Waals surface area (Å²) in [5.74, 6) is 0. The molecule has 0 aliphatic heterocycles. The predicted molar refractivity (Wildman–Crippen MR) is 51.6 cm³/mol. The van der Waals surface area contributed by atoms with Crippen LogP contribution in [-0.2, 0) is 6.54 Å². The van der Waals surface area contributed by atoms with E-state index in [1.807, 2.05) is 6.92 Å². The molecule has 0 bridgehead atoms. The van der Waals surface area contributed by atoms with Gasteiger partial charge in [0.05, 0.1) is 24.1 Å². The van der Waals surface area contributed by atoms with Crippen LogP contribution in [0.15, 0.2) is 12.4 Å². The zero-order valence-electron chi connectivity index (χ0n) is 8.14. The van der Waals surface area contributed by atoms with Crippen molar-refractivity contribution in [3.05, 3.63) is 23.8 Å². The monoisotopic (exact) mass is 197 g/mol. The van der Waals surface area contributed by atoms with Crippen molar-refractivity contribution in [3.63, 3.8) is 0 Å². The fraction of sp³-hybridized carbons (Fsp3) is 0.556. The molecule has 1 aromatic rings. The van der Waals surface area contributed by atoms with Gasteiger partial charge in [-0.2, -0.15) is 0 Å². The molecule has 1 unspecified atom stereocenters. The van der Waals surface area contributed by atoms with Gasteiger partial charge >= 0.3 is 0 Å². The Balaban J connectivity index is 2.28. The molecule has 78 valence electrons. The molecule has 0 aromatic carbocycles. The normalized spacial score (nSPS) is 12.8. The number of aromatic nitrogens is 2. The molecule has 0 spiro atoms. The molecule has 1 rings (SSSR count). The molecule has 3 N–H and O–H groups in total. The number of aliphatic hydroxyl groups excluding tert-OH is 2. The van der Waals surface area contributed by atoms with E-state index in [0.717, 1.165) is 11.4 Å². The summed E-state index contributed by atoms with van der Waals surface area (Å²) in [6.07, 6.45) is 2.67. The van der Waals surface area contributed by atoms with Gasteiger partial charge in [-0.15, -0.1) is 0 Å². The largest absolute Gasteiger partial charge is 0.394 e. The maximum Gasteiger partial charge on any atom is 0.0895 e. The van der Waals surface area contributed by atoms with Crippen LogP contribution < -0.4 is 5.32 Å². The van der Waals surface area contributed by atoms with Crippen LogP contribution in [0, 0.1) is 6.92 Å². The van der Waals surface area contributed by atoms with Crippen molar-refractivity contribution in [3.8, 4) is 0 Å². The number of hydrogen-bond acceptors (Lipinski definition) is 5. The highest BCUT2D eigenvalue weighted by Gasteiger charge is 2.01. The Kier molecular flexibility index (Phi) is 4.45. The Morgan fingerprint density at radius 1 is 1.43 bits per heavy atom. The van der Waals surface area contributed by atoms with E-state index in [2.05, 4.69) is 15.3 Å². The highest BCUT2D eigenvalue weighted by atomic mass is 16.3. The second-order valence-corrected chi connectivity index (χ2v) is 3.12. The lowest BCUT2D eigenvalue weighted by atomic mass is 10.3. The third-order valence-electron chi connectivity index (χ3n) is 1.73. The Labute approximate surface area is 82.8 Å². The van der Waals surface area contributed by atoms with Crippen molar-refractivity contribution in [2.45, 2.75) is 19.6 Å². The fourth-order valence-electron chi connectivity index (χ4n) is 0.942. The van der Waals surface area contributed by atoms with Gasteiger partial charge in [-0.3, -0.25) is 9.97 Å². The molecule has 14 heavy (non-hydrogen) atoms. The molecular formula is C9H15N3O2. The van der Waals surface area contributed by atoms with Crippen LogP contribution >= 0.6 is 0 Å². The van der Waals surface area contributed by atoms with Crippen LogP contribution in [-0.4, -0.2) is 39.4 Å². The highest BCUT2D eigenvalue weighted by Crippen LogP contribution is 1.93. The molecule has 1 heterocycles. The van der Waals surface area contributed by atoms with E-state index in [0.29, 0.717) is 13.1 Å². The molecule has 1 atom stereocenters. The molecule has 5 nitrogen and oxygen atoms in total. The second-order valence-electron chi connectivity index (χ2n) is 3.12. The standard InChI is InChI=1S/C9H15N3O2/c1-7-2-12-8(4-11-7)3-10-5-9(14)6-13/h2,4,9-10,13-14H,3,5-6H2,1H3. The van der Waals surface area contributed by atoms with Crippen LogP contribution in [0.1, 0.15) is 11.4 Å². The van der Waals surface area contributed by atoms with E-state index in [1.54, 1.807) is 12.4 Å². The summed E-state index contributed by atoms with van der Waals surface area (Å²) in [5, 5.41) is 20.5. The molecule has 0 aliphatic carbocycles. The molecule has 0 radical (unpaired) electrons. The first kappa shape index (κ1) is 11.0. The number of aryl methyl sites for hydroxylation is 1. The molecule has 0 saturated heterocycles. The van der Waals surface area contributed by atoms with E-state index in [9.17, 15) is 0 Å². The molecule has 0 amide bonds. The lowest BCUT2D eigenvalue weighted by Gasteiger charge is -2.07. The van der Waals surface area contributed by atoms with Crippen molar-refractivity contribution >= 4 is 0 Å². The van der Waals surface area contributed by atoms with Gasteiger partial charge in [-0.25, -0.2) is 0 Å². The molecule has 0 aliphatic rings. The summed E-state index contributed by atoms with van der Waals surface area (Å²) in [6.45, 7) is 2.54. The van der Waals surface area contributed by atoms with Gasteiger partial charge in [0, 0.05) is 25.5 Å². The lowest BCUT2D eigenvalue weighted by molar-refractivity contribution is 0.0941. The van der Waals surface area contributed by atoms with Gasteiger partial charge in [0.2, 0.25) is 0 Å². The van der Waals surface area contributed by atoms with Gasteiger partial charge < -0.3 is 15.5 Å². The predicted octanol–water partition coefficient (Wildman–Crippen LogP) is -0.772. The van der Waals surface area contributed by atoms with Crippen LogP contribution in [0.5, 0.6) is 0 Å². The zero-order chi connectivity index (χ0) is 10.4. The average Bonchev–Trinajstić information content (AvgIpc) is 2.21. The first-order valence-electron chi connectivity index (χ1n) is 4.49. The van der Waals surface area contributed by atoms with E-state index in [1.165, 1.54) is 0 Å². The second kappa shape index (κ2) is 5.64. The van der Waals surface area contributed by atoms with Crippen LogP contribution in [0.2, 0.25) is 0 Å². The topological polar surface area (TPSA) is 78.3 Å². The van der Waals surface area contributed by atoms with E-state index in [-0.39, 0.29) is 6.61 Å². The minimum absolute atomic E-state index is 0.230. The van der Waals surface area contributed by atoms with Crippen LogP contribution in [0.25, 0.3) is 0 Å². The maximum absolute atomic E-state index is 9.03. The Bertz CT molecular complexity index is 263. The quantitative estimate of drug-likeness (QED) is 0.577. The molecule has 5 heteroatoms. The number of aliphatic hydroxyl groups is 2. The fourth-order valence-corrected chi connectivity index (χ4v) is 0.942. The molecule has 0 fully saturated rings. The third kappa shape index (κ3) is 3.78. The number of hydrogen-bond donors (Lipinski definition) is 3. The Morgan fingerprint density at radius 2 is 2.21 bits per heavy atom. The van der Waals surface area contributed by atoms with Crippen molar-refractivity contribution in [1.82, 2.24) is 15.3 Å². The number of rotatable bonds is 5. The zero-order valence-corrected chi connectivity index (χ0v) is 8.14. The van der Waals surface area contributed by atoms with Gasteiger partial charge in [-0.1, -0.05) is 0 Å². The summed E-state index contributed by atoms with van der Waals surface area (Å²) in [4.78, 5) is 8.21. The summed E-state index contributed by atoms with van der Waals surface area (Å²) in [7, 11) is 0. The Morgan fingerprint density at radius 3 is 2.79 bits per heavy atom. The summed E-state index contributed by atoms with van der Waals surface area (Å²) in [6, 6.07) is 0.